The summed E-state index contributed by atoms with van der Waals surface area (Å²) >= 11 is 0. The van der Waals surface area contributed by atoms with Crippen LogP contribution in [0.2, 0.25) is 0 Å². The van der Waals surface area contributed by atoms with Gasteiger partial charge in [-0.15, -0.1) is 0 Å². The Balaban J connectivity index is 2.81. The maximum absolute atomic E-state index is 11.1. The Morgan fingerprint density at radius 2 is 2.25 bits per heavy atom. The molecular formula is C13H16N2O. The normalized spacial score (nSPS) is 9.38. The molecule has 84 valence electrons. The quantitative estimate of drug-likeness (QED) is 0.348. The van der Waals surface area contributed by atoms with Gasteiger partial charge < -0.3 is 11.1 Å². The molecule has 0 heterocycles. The van der Waals surface area contributed by atoms with Gasteiger partial charge in [0.1, 0.15) is 0 Å². The fraction of sp³-hybridized carbons (Fsp3) is 0.308. The molecule has 0 unspecified atom stereocenters. The summed E-state index contributed by atoms with van der Waals surface area (Å²) < 4.78 is 0. The first kappa shape index (κ1) is 12.3. The lowest BCUT2D eigenvalue weighted by atomic mass is 10.1. The Labute approximate surface area is 96.0 Å². The number of rotatable bonds is 3. The third kappa shape index (κ3) is 3.41. The number of Topliss-reactive ketones (excluding diaryl/α,β-unsaturated/α-hetero) is 1. The first-order valence-electron chi connectivity index (χ1n) is 5.19. The molecule has 0 aromatic heterocycles. The lowest BCUT2D eigenvalue weighted by Crippen LogP contribution is -2.05. The second-order valence-electron chi connectivity index (χ2n) is 3.51. The molecule has 3 nitrogen and oxygen atoms in total. The second-order valence-corrected chi connectivity index (χ2v) is 3.51. The Morgan fingerprint density at radius 3 is 2.81 bits per heavy atom. The van der Waals surface area contributed by atoms with E-state index in [1.807, 2.05) is 7.05 Å². The van der Waals surface area contributed by atoms with Gasteiger partial charge in [0.15, 0.2) is 5.78 Å². The van der Waals surface area contributed by atoms with Gasteiger partial charge in [0, 0.05) is 29.8 Å². The van der Waals surface area contributed by atoms with E-state index in [1.54, 1.807) is 18.2 Å². The van der Waals surface area contributed by atoms with E-state index in [-0.39, 0.29) is 5.78 Å². The Hall–Kier alpha value is -1.79. The first-order valence-corrected chi connectivity index (χ1v) is 5.19. The van der Waals surface area contributed by atoms with Crippen molar-refractivity contribution in [2.75, 3.05) is 19.3 Å². The molecule has 1 rings (SSSR count). The summed E-state index contributed by atoms with van der Waals surface area (Å²) in [5.41, 5.74) is 7.77. The second kappa shape index (κ2) is 5.94. The largest absolute Gasteiger partial charge is 0.398 e. The molecule has 3 heteroatoms. The molecule has 0 aliphatic heterocycles. The Kier molecular flexibility index (Phi) is 4.56. The van der Waals surface area contributed by atoms with Crippen LogP contribution >= 0.6 is 0 Å². The van der Waals surface area contributed by atoms with E-state index >= 15 is 0 Å². The first-order chi connectivity index (χ1) is 7.65. The Morgan fingerprint density at radius 1 is 1.50 bits per heavy atom. The molecule has 0 atom stereocenters. The van der Waals surface area contributed by atoms with Crippen LogP contribution in [0.5, 0.6) is 0 Å². The molecule has 0 saturated carbocycles. The van der Waals surface area contributed by atoms with Gasteiger partial charge in [-0.05, 0) is 26.1 Å². The average molecular weight is 216 g/mol. The van der Waals surface area contributed by atoms with Crippen LogP contribution in [0.15, 0.2) is 18.2 Å². The molecule has 1 aromatic rings. The molecular weight excluding hydrogens is 200 g/mol. The van der Waals surface area contributed by atoms with E-state index in [0.29, 0.717) is 11.3 Å². The number of ketones is 1. The molecule has 0 spiro atoms. The molecule has 3 N–H and O–H groups in total. The minimum atomic E-state index is 0.0152. The van der Waals surface area contributed by atoms with Crippen molar-refractivity contribution in [2.24, 2.45) is 0 Å². The van der Waals surface area contributed by atoms with Crippen LogP contribution < -0.4 is 11.1 Å². The van der Waals surface area contributed by atoms with Crippen LogP contribution in [0, 0.1) is 11.8 Å². The molecule has 0 radical (unpaired) electrons. The van der Waals surface area contributed by atoms with Gasteiger partial charge in [-0.3, -0.25) is 4.79 Å². The Bertz CT molecular complexity index is 441. The standard InChI is InChI=1S/C13H16N2O/c1-10(16)12-7-6-11(13(14)9-12)5-3-4-8-15-2/h6-7,9,15H,4,8,14H2,1-2H3. The van der Waals surface area contributed by atoms with Crippen molar-refractivity contribution in [2.45, 2.75) is 13.3 Å². The summed E-state index contributed by atoms with van der Waals surface area (Å²) in [4.78, 5) is 11.1. The van der Waals surface area contributed by atoms with Crippen LogP contribution in [0.1, 0.15) is 29.3 Å². The fourth-order valence-electron chi connectivity index (χ4n) is 1.24. The lowest BCUT2D eigenvalue weighted by molar-refractivity contribution is 0.101. The van der Waals surface area contributed by atoms with Gasteiger partial charge >= 0.3 is 0 Å². The monoisotopic (exact) mass is 216 g/mol. The highest BCUT2D eigenvalue weighted by Crippen LogP contribution is 2.13. The minimum Gasteiger partial charge on any atom is -0.398 e. The van der Waals surface area contributed by atoms with Crippen molar-refractivity contribution in [3.8, 4) is 11.8 Å². The summed E-state index contributed by atoms with van der Waals surface area (Å²) in [6.45, 7) is 2.38. The molecule has 16 heavy (non-hydrogen) atoms. The summed E-state index contributed by atoms with van der Waals surface area (Å²) in [5, 5.41) is 3.01. The van der Waals surface area contributed by atoms with Gasteiger partial charge in [-0.25, -0.2) is 0 Å². The van der Waals surface area contributed by atoms with Crippen molar-refractivity contribution in [1.29, 1.82) is 0 Å². The van der Waals surface area contributed by atoms with E-state index in [0.717, 1.165) is 18.5 Å². The number of anilines is 1. The fourth-order valence-corrected chi connectivity index (χ4v) is 1.24. The number of benzene rings is 1. The predicted octanol–water partition coefficient (Wildman–Crippen LogP) is 1.43. The summed E-state index contributed by atoms with van der Waals surface area (Å²) in [6.07, 6.45) is 0.782. The molecule has 0 amide bonds. The van der Waals surface area contributed by atoms with Gasteiger partial charge in [0.25, 0.3) is 0 Å². The zero-order valence-electron chi connectivity index (χ0n) is 9.63. The molecule has 1 aromatic carbocycles. The number of hydrogen-bond acceptors (Lipinski definition) is 3. The number of hydrogen-bond donors (Lipinski definition) is 2. The van der Waals surface area contributed by atoms with Gasteiger partial charge in [-0.2, -0.15) is 0 Å². The van der Waals surface area contributed by atoms with E-state index in [4.69, 9.17) is 5.73 Å². The summed E-state index contributed by atoms with van der Waals surface area (Å²) in [7, 11) is 1.89. The van der Waals surface area contributed by atoms with E-state index in [1.165, 1.54) is 6.92 Å². The highest BCUT2D eigenvalue weighted by Gasteiger charge is 2.01. The summed E-state index contributed by atoms with van der Waals surface area (Å²) in [5.74, 6) is 6.02. The minimum absolute atomic E-state index is 0.0152. The number of carbonyl (C=O) groups is 1. The van der Waals surface area contributed by atoms with Gasteiger partial charge in [0.2, 0.25) is 0 Å². The highest BCUT2D eigenvalue weighted by molar-refractivity contribution is 5.95. The predicted molar refractivity (Wildman–Crippen MR) is 66.3 cm³/mol. The van der Waals surface area contributed by atoms with Crippen molar-refractivity contribution in [1.82, 2.24) is 5.32 Å². The van der Waals surface area contributed by atoms with E-state index in [2.05, 4.69) is 17.2 Å². The van der Waals surface area contributed by atoms with Crippen LogP contribution in [0.25, 0.3) is 0 Å². The van der Waals surface area contributed by atoms with Crippen LogP contribution in [0.4, 0.5) is 5.69 Å². The van der Waals surface area contributed by atoms with Crippen molar-refractivity contribution in [3.63, 3.8) is 0 Å². The maximum Gasteiger partial charge on any atom is 0.159 e. The lowest BCUT2D eigenvalue weighted by Gasteiger charge is -2.00. The van der Waals surface area contributed by atoms with Crippen molar-refractivity contribution < 1.29 is 4.79 Å². The van der Waals surface area contributed by atoms with E-state index in [9.17, 15) is 4.79 Å². The molecule has 0 saturated heterocycles. The van der Waals surface area contributed by atoms with Crippen LogP contribution in [-0.4, -0.2) is 19.4 Å². The van der Waals surface area contributed by atoms with Crippen LogP contribution in [-0.2, 0) is 0 Å². The van der Waals surface area contributed by atoms with E-state index < -0.39 is 0 Å². The zero-order valence-corrected chi connectivity index (χ0v) is 9.63. The molecule has 0 aliphatic rings. The third-order valence-corrected chi connectivity index (χ3v) is 2.18. The number of carbonyl (C=O) groups excluding carboxylic acids is 1. The molecule has 0 bridgehead atoms. The zero-order chi connectivity index (χ0) is 12.0. The summed E-state index contributed by atoms with van der Waals surface area (Å²) in [6, 6.07) is 5.21. The van der Waals surface area contributed by atoms with Crippen LogP contribution in [0.3, 0.4) is 0 Å². The number of nitrogen functional groups attached to an aromatic ring is 1. The number of nitrogens with one attached hydrogen (secondary N) is 1. The third-order valence-electron chi connectivity index (χ3n) is 2.18. The maximum atomic E-state index is 11.1. The molecule has 0 fully saturated rings. The van der Waals surface area contributed by atoms with Gasteiger partial charge in [-0.1, -0.05) is 17.9 Å². The average Bonchev–Trinajstić information content (AvgIpc) is 2.26. The highest BCUT2D eigenvalue weighted by atomic mass is 16.1. The van der Waals surface area contributed by atoms with Crippen molar-refractivity contribution >= 4 is 11.5 Å². The van der Waals surface area contributed by atoms with Gasteiger partial charge in [0.05, 0.1) is 0 Å². The molecule has 0 aliphatic carbocycles. The topological polar surface area (TPSA) is 55.1 Å². The smallest absolute Gasteiger partial charge is 0.159 e. The van der Waals surface area contributed by atoms with Crippen molar-refractivity contribution in [3.05, 3.63) is 29.3 Å². The SMILES string of the molecule is CNCCC#Cc1ccc(C(C)=O)cc1N. The number of nitrogens with two attached hydrogens (primary N) is 1.